The number of nitrogens with one attached hydrogen (secondary N) is 2. The van der Waals surface area contributed by atoms with Crippen LogP contribution >= 0.6 is 11.6 Å². The second kappa shape index (κ2) is 7.98. The minimum absolute atomic E-state index is 0.114. The highest BCUT2D eigenvalue weighted by atomic mass is 35.5. The topological polar surface area (TPSA) is 41.1 Å². The maximum absolute atomic E-state index is 10.9. The van der Waals surface area contributed by atoms with Gasteiger partial charge in [-0.05, 0) is 24.6 Å². The molecule has 0 radical (unpaired) electrons. The number of amides is 1. The summed E-state index contributed by atoms with van der Waals surface area (Å²) < 4.78 is 0. The summed E-state index contributed by atoms with van der Waals surface area (Å²) in [7, 11) is 0. The third-order valence-electron chi connectivity index (χ3n) is 2.64. The highest BCUT2D eigenvalue weighted by Crippen LogP contribution is 2.25. The highest BCUT2D eigenvalue weighted by Gasteiger charge is 2.03. The van der Waals surface area contributed by atoms with Crippen LogP contribution in [0.2, 0.25) is 5.02 Å². The maximum Gasteiger partial charge on any atom is 0.221 e. The van der Waals surface area contributed by atoms with Gasteiger partial charge in [0.15, 0.2) is 0 Å². The quantitative estimate of drug-likeness (QED) is 0.724. The SMILES string of the molecule is CCCCCCNc1ccc(NC(C)=O)c(Cl)c1. The van der Waals surface area contributed by atoms with Gasteiger partial charge in [0.1, 0.15) is 0 Å². The fourth-order valence-electron chi connectivity index (χ4n) is 1.70. The van der Waals surface area contributed by atoms with Crippen LogP contribution in [0.3, 0.4) is 0 Å². The standard InChI is InChI=1S/C14H21ClN2O/c1-3-4-5-6-9-16-12-7-8-14(13(15)10-12)17-11(2)18/h7-8,10,16H,3-6,9H2,1-2H3,(H,17,18). The van der Waals surface area contributed by atoms with Crippen LogP contribution in [-0.2, 0) is 4.79 Å². The number of benzene rings is 1. The Kier molecular flexibility index (Phi) is 6.58. The minimum atomic E-state index is -0.114. The molecule has 0 aliphatic rings. The first-order chi connectivity index (χ1) is 8.63. The molecule has 0 aliphatic heterocycles. The van der Waals surface area contributed by atoms with Gasteiger partial charge in [-0.1, -0.05) is 37.8 Å². The second-order valence-corrected chi connectivity index (χ2v) is 4.77. The first kappa shape index (κ1) is 14.8. The third kappa shape index (κ3) is 5.41. The van der Waals surface area contributed by atoms with Gasteiger partial charge < -0.3 is 10.6 Å². The molecule has 3 nitrogen and oxygen atoms in total. The molecule has 1 aromatic rings. The Hall–Kier alpha value is -1.22. The first-order valence-corrected chi connectivity index (χ1v) is 6.82. The molecule has 0 aliphatic carbocycles. The van der Waals surface area contributed by atoms with Crippen molar-refractivity contribution in [1.82, 2.24) is 0 Å². The van der Waals surface area contributed by atoms with E-state index < -0.39 is 0 Å². The largest absolute Gasteiger partial charge is 0.385 e. The minimum Gasteiger partial charge on any atom is -0.385 e. The van der Waals surface area contributed by atoms with Crippen molar-refractivity contribution in [2.45, 2.75) is 39.5 Å². The van der Waals surface area contributed by atoms with E-state index >= 15 is 0 Å². The summed E-state index contributed by atoms with van der Waals surface area (Å²) in [5.41, 5.74) is 1.64. The van der Waals surface area contributed by atoms with Crippen LogP contribution in [0.15, 0.2) is 18.2 Å². The van der Waals surface area contributed by atoms with Crippen LogP contribution in [0, 0.1) is 0 Å². The zero-order chi connectivity index (χ0) is 13.4. The fourth-order valence-corrected chi connectivity index (χ4v) is 1.93. The van der Waals surface area contributed by atoms with Crippen molar-refractivity contribution in [2.24, 2.45) is 0 Å². The molecule has 1 rings (SSSR count). The molecule has 0 fully saturated rings. The number of carbonyl (C=O) groups is 1. The van der Waals surface area contributed by atoms with Gasteiger partial charge >= 0.3 is 0 Å². The molecule has 18 heavy (non-hydrogen) atoms. The van der Waals surface area contributed by atoms with Crippen LogP contribution in [0.5, 0.6) is 0 Å². The van der Waals surface area contributed by atoms with Crippen molar-refractivity contribution in [1.29, 1.82) is 0 Å². The molecule has 0 saturated carbocycles. The summed E-state index contributed by atoms with van der Waals surface area (Å²) in [6.45, 7) is 4.62. The van der Waals surface area contributed by atoms with E-state index in [0.717, 1.165) is 12.2 Å². The lowest BCUT2D eigenvalue weighted by Gasteiger charge is -2.09. The first-order valence-electron chi connectivity index (χ1n) is 6.44. The average Bonchev–Trinajstić information content (AvgIpc) is 2.32. The molecule has 0 spiro atoms. The zero-order valence-electron chi connectivity index (χ0n) is 11.1. The van der Waals surface area contributed by atoms with Crippen molar-refractivity contribution in [3.8, 4) is 0 Å². The molecule has 0 atom stereocenters. The molecule has 4 heteroatoms. The Balaban J connectivity index is 2.43. The van der Waals surface area contributed by atoms with E-state index in [1.54, 1.807) is 0 Å². The fraction of sp³-hybridized carbons (Fsp3) is 0.500. The van der Waals surface area contributed by atoms with E-state index in [2.05, 4.69) is 17.6 Å². The van der Waals surface area contributed by atoms with E-state index in [1.165, 1.54) is 32.6 Å². The Morgan fingerprint density at radius 2 is 2.06 bits per heavy atom. The summed E-state index contributed by atoms with van der Waals surface area (Å²) in [4.78, 5) is 10.9. The number of carbonyl (C=O) groups excluding carboxylic acids is 1. The normalized spacial score (nSPS) is 10.2. The second-order valence-electron chi connectivity index (χ2n) is 4.36. The van der Waals surface area contributed by atoms with E-state index in [0.29, 0.717) is 10.7 Å². The van der Waals surface area contributed by atoms with Crippen LogP contribution < -0.4 is 10.6 Å². The number of rotatable bonds is 7. The Morgan fingerprint density at radius 1 is 1.28 bits per heavy atom. The summed E-state index contributed by atoms with van der Waals surface area (Å²) in [5.74, 6) is -0.114. The molecular weight excluding hydrogens is 248 g/mol. The van der Waals surface area contributed by atoms with Gasteiger partial charge in [0.2, 0.25) is 5.91 Å². The monoisotopic (exact) mass is 268 g/mol. The Morgan fingerprint density at radius 3 is 2.67 bits per heavy atom. The highest BCUT2D eigenvalue weighted by molar-refractivity contribution is 6.34. The Labute approximate surface area is 114 Å². The van der Waals surface area contributed by atoms with Crippen LogP contribution in [0.25, 0.3) is 0 Å². The van der Waals surface area contributed by atoms with Gasteiger partial charge in [-0.15, -0.1) is 0 Å². The molecule has 0 aromatic heterocycles. The Bertz CT molecular complexity index is 393. The van der Waals surface area contributed by atoms with Crippen LogP contribution in [0.1, 0.15) is 39.5 Å². The van der Waals surface area contributed by atoms with Crippen molar-refractivity contribution < 1.29 is 4.79 Å². The molecule has 0 bridgehead atoms. The molecule has 2 N–H and O–H groups in total. The summed E-state index contributed by atoms with van der Waals surface area (Å²) in [6.07, 6.45) is 4.95. The summed E-state index contributed by atoms with van der Waals surface area (Å²) >= 11 is 6.08. The van der Waals surface area contributed by atoms with E-state index in [9.17, 15) is 4.79 Å². The van der Waals surface area contributed by atoms with Crippen molar-refractivity contribution in [3.05, 3.63) is 23.2 Å². The van der Waals surface area contributed by atoms with Gasteiger partial charge in [-0.3, -0.25) is 4.79 Å². The van der Waals surface area contributed by atoms with Gasteiger partial charge in [0.05, 0.1) is 10.7 Å². The molecule has 0 unspecified atom stereocenters. The molecule has 0 saturated heterocycles. The van der Waals surface area contributed by atoms with Crippen LogP contribution in [-0.4, -0.2) is 12.5 Å². The van der Waals surface area contributed by atoms with Gasteiger partial charge in [-0.25, -0.2) is 0 Å². The van der Waals surface area contributed by atoms with Crippen molar-refractivity contribution in [2.75, 3.05) is 17.2 Å². The number of hydrogen-bond acceptors (Lipinski definition) is 2. The van der Waals surface area contributed by atoms with E-state index in [-0.39, 0.29) is 5.91 Å². The molecule has 1 amide bonds. The summed E-state index contributed by atoms with van der Waals surface area (Å²) in [6, 6.07) is 5.59. The molecule has 0 heterocycles. The molecule has 100 valence electrons. The van der Waals surface area contributed by atoms with Crippen molar-refractivity contribution >= 4 is 28.9 Å². The summed E-state index contributed by atoms with van der Waals surface area (Å²) in [5, 5.41) is 6.57. The number of anilines is 2. The number of hydrogen-bond donors (Lipinski definition) is 2. The van der Waals surface area contributed by atoms with E-state index in [4.69, 9.17) is 11.6 Å². The molecular formula is C14H21ClN2O. The maximum atomic E-state index is 10.9. The van der Waals surface area contributed by atoms with Gasteiger partial charge in [-0.2, -0.15) is 0 Å². The lowest BCUT2D eigenvalue weighted by molar-refractivity contribution is -0.114. The lowest BCUT2D eigenvalue weighted by atomic mass is 10.2. The number of unbranched alkanes of at least 4 members (excludes halogenated alkanes) is 3. The third-order valence-corrected chi connectivity index (χ3v) is 2.95. The van der Waals surface area contributed by atoms with Crippen LogP contribution in [0.4, 0.5) is 11.4 Å². The predicted octanol–water partition coefficient (Wildman–Crippen LogP) is 4.29. The van der Waals surface area contributed by atoms with Gasteiger partial charge in [0.25, 0.3) is 0 Å². The zero-order valence-corrected chi connectivity index (χ0v) is 11.8. The smallest absolute Gasteiger partial charge is 0.221 e. The van der Waals surface area contributed by atoms with Gasteiger partial charge in [0, 0.05) is 19.2 Å². The van der Waals surface area contributed by atoms with E-state index in [1.807, 2.05) is 18.2 Å². The predicted molar refractivity (Wildman–Crippen MR) is 78.4 cm³/mol. The average molecular weight is 269 g/mol. The number of halogens is 1. The van der Waals surface area contributed by atoms with Crippen molar-refractivity contribution in [3.63, 3.8) is 0 Å². The molecule has 1 aromatic carbocycles. The lowest BCUT2D eigenvalue weighted by Crippen LogP contribution is -2.07.